The smallest absolute Gasteiger partial charge is 0.320 e. The fraction of sp³-hybridized carbons (Fsp3) is 0.350. The molecule has 3 aromatic rings. The molecule has 0 fully saturated rings. The van der Waals surface area contributed by atoms with Crippen molar-refractivity contribution < 1.29 is 14.3 Å². The van der Waals surface area contributed by atoms with E-state index >= 15 is 0 Å². The molecule has 2 aromatic heterocycles. The Morgan fingerprint density at radius 3 is 2.89 bits per heavy atom. The summed E-state index contributed by atoms with van der Waals surface area (Å²) in [6.07, 6.45) is 2.63. The second kappa shape index (κ2) is 9.18. The molecule has 3 rings (SSSR count). The highest BCUT2D eigenvalue weighted by molar-refractivity contribution is 5.88. The number of nitrogens with one attached hydrogen (secondary N) is 2. The molecule has 0 aliphatic carbocycles. The van der Waals surface area contributed by atoms with Gasteiger partial charge in [0.1, 0.15) is 5.75 Å². The van der Waals surface area contributed by atoms with Crippen LogP contribution in [0, 0.1) is 0 Å². The van der Waals surface area contributed by atoms with Crippen LogP contribution in [0.4, 0.5) is 10.6 Å². The van der Waals surface area contributed by atoms with Crippen LogP contribution >= 0.6 is 0 Å². The van der Waals surface area contributed by atoms with E-state index in [0.717, 1.165) is 23.4 Å². The molecular weight excluding hydrogens is 358 g/mol. The monoisotopic (exact) mass is 383 g/mol. The van der Waals surface area contributed by atoms with Crippen molar-refractivity contribution in [3.05, 3.63) is 42.6 Å². The first kappa shape index (κ1) is 19.6. The molecule has 2 heterocycles. The van der Waals surface area contributed by atoms with Gasteiger partial charge in [0.25, 0.3) is 0 Å². The molecule has 0 unspecified atom stereocenters. The van der Waals surface area contributed by atoms with Gasteiger partial charge in [-0.3, -0.25) is 5.32 Å². The topological polar surface area (TPSA) is 89.8 Å². The Labute approximate surface area is 163 Å². The highest BCUT2D eigenvalue weighted by atomic mass is 16.5. The third kappa shape index (κ3) is 5.20. The summed E-state index contributed by atoms with van der Waals surface area (Å²) in [7, 11) is 1.63. The Bertz CT molecular complexity index is 938. The molecular formula is C20H25N5O3. The van der Waals surface area contributed by atoms with Gasteiger partial charge >= 0.3 is 6.03 Å². The summed E-state index contributed by atoms with van der Waals surface area (Å²) in [6, 6.07) is 11.1. The number of nitrogens with zero attached hydrogens (tertiary/aromatic N) is 3. The third-order valence-electron chi connectivity index (χ3n) is 3.99. The third-order valence-corrected chi connectivity index (χ3v) is 3.99. The summed E-state index contributed by atoms with van der Waals surface area (Å²) in [5.74, 6) is 1.20. The lowest BCUT2D eigenvalue weighted by molar-refractivity contribution is 0.0775. The van der Waals surface area contributed by atoms with E-state index in [1.165, 1.54) is 0 Å². The van der Waals surface area contributed by atoms with E-state index in [0.29, 0.717) is 24.6 Å². The summed E-state index contributed by atoms with van der Waals surface area (Å²) < 4.78 is 12.3. The minimum absolute atomic E-state index is 0.196. The summed E-state index contributed by atoms with van der Waals surface area (Å²) in [6.45, 7) is 5.11. The average molecular weight is 383 g/mol. The van der Waals surface area contributed by atoms with E-state index in [4.69, 9.17) is 9.47 Å². The molecule has 0 spiro atoms. The predicted octanol–water partition coefficient (Wildman–Crippen LogP) is 3.34. The zero-order chi connectivity index (χ0) is 19.9. The van der Waals surface area contributed by atoms with Crippen LogP contribution in [0.15, 0.2) is 42.6 Å². The van der Waals surface area contributed by atoms with E-state index in [1.54, 1.807) is 17.8 Å². The molecule has 28 heavy (non-hydrogen) atoms. The molecule has 8 heteroatoms. The van der Waals surface area contributed by atoms with Crippen LogP contribution in [0.3, 0.4) is 0 Å². The van der Waals surface area contributed by atoms with Crippen molar-refractivity contribution in [3.63, 3.8) is 0 Å². The molecule has 0 aliphatic heterocycles. The number of carbonyl (C=O) groups excluding carboxylic acids is 1. The largest absolute Gasteiger partial charge is 0.497 e. The van der Waals surface area contributed by atoms with Gasteiger partial charge in [0, 0.05) is 18.7 Å². The number of rotatable bonds is 8. The maximum atomic E-state index is 12.0. The van der Waals surface area contributed by atoms with Crippen LogP contribution in [0.2, 0.25) is 0 Å². The van der Waals surface area contributed by atoms with Gasteiger partial charge in [0.15, 0.2) is 11.5 Å². The van der Waals surface area contributed by atoms with E-state index in [-0.39, 0.29) is 12.1 Å². The molecule has 148 valence electrons. The predicted molar refractivity (Wildman–Crippen MR) is 108 cm³/mol. The molecule has 0 atom stereocenters. The van der Waals surface area contributed by atoms with Gasteiger partial charge in [-0.25, -0.2) is 14.3 Å². The minimum Gasteiger partial charge on any atom is -0.497 e. The van der Waals surface area contributed by atoms with Crippen molar-refractivity contribution in [3.8, 4) is 17.0 Å². The number of urea groups is 1. The van der Waals surface area contributed by atoms with Crippen LogP contribution in [0.25, 0.3) is 16.9 Å². The number of benzene rings is 1. The number of ether oxygens (including phenoxy) is 2. The molecule has 0 bridgehead atoms. The number of carbonyl (C=O) groups is 1. The Kier molecular flexibility index (Phi) is 6.44. The van der Waals surface area contributed by atoms with E-state index in [9.17, 15) is 4.79 Å². The first-order valence-electron chi connectivity index (χ1n) is 9.22. The lowest BCUT2D eigenvalue weighted by Crippen LogP contribution is -2.30. The van der Waals surface area contributed by atoms with Gasteiger partial charge < -0.3 is 14.8 Å². The number of hydrogen-bond donors (Lipinski definition) is 2. The maximum Gasteiger partial charge on any atom is 0.320 e. The molecule has 2 amide bonds. The van der Waals surface area contributed by atoms with Gasteiger partial charge in [-0.05, 0) is 44.5 Å². The molecule has 2 N–H and O–H groups in total. The number of aromatic nitrogens is 3. The number of anilines is 1. The van der Waals surface area contributed by atoms with Crippen LogP contribution in [-0.2, 0) is 4.74 Å². The minimum atomic E-state index is -0.305. The van der Waals surface area contributed by atoms with E-state index in [1.807, 2.05) is 50.2 Å². The zero-order valence-corrected chi connectivity index (χ0v) is 16.3. The lowest BCUT2D eigenvalue weighted by Gasteiger charge is -2.08. The Balaban J connectivity index is 1.62. The van der Waals surface area contributed by atoms with Crippen molar-refractivity contribution in [2.24, 2.45) is 0 Å². The quantitative estimate of drug-likeness (QED) is 0.582. The highest BCUT2D eigenvalue weighted by Gasteiger charge is 2.08. The summed E-state index contributed by atoms with van der Waals surface area (Å²) in [4.78, 5) is 16.4. The normalized spacial score (nSPS) is 11.0. The van der Waals surface area contributed by atoms with E-state index < -0.39 is 0 Å². The first-order chi connectivity index (χ1) is 13.5. The van der Waals surface area contributed by atoms with Crippen LogP contribution < -0.4 is 15.4 Å². The van der Waals surface area contributed by atoms with Gasteiger partial charge in [-0.2, -0.15) is 5.10 Å². The number of methoxy groups -OCH3 is 1. The number of imidazole rings is 1. The summed E-state index contributed by atoms with van der Waals surface area (Å²) in [5.41, 5.74) is 2.36. The molecule has 0 aliphatic rings. The second-order valence-electron chi connectivity index (χ2n) is 6.53. The van der Waals surface area contributed by atoms with Gasteiger partial charge in [0.05, 0.1) is 25.1 Å². The Hall–Kier alpha value is -3.13. The Morgan fingerprint density at radius 2 is 2.11 bits per heavy atom. The van der Waals surface area contributed by atoms with Crippen molar-refractivity contribution in [1.29, 1.82) is 0 Å². The zero-order valence-electron chi connectivity index (χ0n) is 16.3. The lowest BCUT2D eigenvalue weighted by atomic mass is 10.1. The molecule has 0 saturated carbocycles. The summed E-state index contributed by atoms with van der Waals surface area (Å²) >= 11 is 0. The molecule has 0 radical (unpaired) electrons. The van der Waals surface area contributed by atoms with Crippen LogP contribution in [0.1, 0.15) is 20.3 Å². The highest BCUT2D eigenvalue weighted by Crippen LogP contribution is 2.22. The standard InChI is InChI=1S/C20H25N5O3/c1-14(2)28-11-5-10-21-20(26)23-18-13-25-19(22-18)9-8-17(24-25)15-6-4-7-16(12-15)27-3/h4,6-9,12-14H,5,10-11H2,1-3H3,(H2,21,23,26). The number of fused-ring (bicyclic) bond motifs is 1. The first-order valence-corrected chi connectivity index (χ1v) is 9.22. The fourth-order valence-corrected chi connectivity index (χ4v) is 2.63. The molecule has 8 nitrogen and oxygen atoms in total. The van der Waals surface area contributed by atoms with Crippen LogP contribution in [-0.4, -0.2) is 47.0 Å². The molecule has 1 aromatic carbocycles. The van der Waals surface area contributed by atoms with Gasteiger partial charge in [-0.15, -0.1) is 0 Å². The fourth-order valence-electron chi connectivity index (χ4n) is 2.63. The maximum absolute atomic E-state index is 12.0. The number of hydrogen-bond acceptors (Lipinski definition) is 5. The van der Waals surface area contributed by atoms with Gasteiger partial charge in [0.2, 0.25) is 0 Å². The SMILES string of the molecule is COc1cccc(-c2ccc3nc(NC(=O)NCCCOC(C)C)cn3n2)c1. The van der Waals surface area contributed by atoms with Crippen LogP contribution in [0.5, 0.6) is 5.75 Å². The average Bonchev–Trinajstić information content (AvgIpc) is 3.08. The second-order valence-corrected chi connectivity index (χ2v) is 6.53. The van der Waals surface area contributed by atoms with Crippen molar-refractivity contribution in [1.82, 2.24) is 19.9 Å². The van der Waals surface area contributed by atoms with Gasteiger partial charge in [-0.1, -0.05) is 12.1 Å². The van der Waals surface area contributed by atoms with Crippen molar-refractivity contribution >= 4 is 17.5 Å². The van der Waals surface area contributed by atoms with Crippen molar-refractivity contribution in [2.45, 2.75) is 26.4 Å². The number of amides is 2. The molecule has 0 saturated heterocycles. The van der Waals surface area contributed by atoms with Crippen molar-refractivity contribution in [2.75, 3.05) is 25.6 Å². The summed E-state index contributed by atoms with van der Waals surface area (Å²) in [5, 5.41) is 10.1. The van der Waals surface area contributed by atoms with E-state index in [2.05, 4.69) is 20.7 Å². The Morgan fingerprint density at radius 1 is 1.25 bits per heavy atom.